The Hall–Kier alpha value is -1.33. The lowest BCUT2D eigenvalue weighted by Gasteiger charge is -2.34. The van der Waals surface area contributed by atoms with Crippen LogP contribution in [-0.4, -0.2) is 43.9 Å². The molecule has 2 rings (SSSR count). The molecule has 0 unspecified atom stereocenters. The molecule has 0 amide bonds. The fourth-order valence-electron chi connectivity index (χ4n) is 1.91. The van der Waals surface area contributed by atoms with Crippen LogP contribution < -0.4 is 4.90 Å². The average Bonchev–Trinajstić information content (AvgIpc) is 2.37. The van der Waals surface area contributed by atoms with E-state index in [4.69, 9.17) is 16.3 Å². The number of morpholine rings is 1. The van der Waals surface area contributed by atoms with Crippen molar-refractivity contribution in [2.24, 2.45) is 0 Å². The second kappa shape index (κ2) is 5.54. The molecule has 0 bridgehead atoms. The molecule has 1 saturated heterocycles. The second-order valence-corrected chi connectivity index (χ2v) is 4.57. The van der Waals surface area contributed by atoms with Gasteiger partial charge in [-0.25, -0.2) is 9.78 Å². The zero-order chi connectivity index (χ0) is 13.1. The first-order chi connectivity index (χ1) is 8.61. The number of pyridine rings is 1. The highest BCUT2D eigenvalue weighted by molar-refractivity contribution is 6.31. The molecule has 0 spiro atoms. The lowest BCUT2D eigenvalue weighted by Crippen LogP contribution is -2.44. The molecular formula is C12H15ClN2O3. The molecule has 1 atom stereocenters. The third kappa shape index (κ3) is 2.73. The highest BCUT2D eigenvalue weighted by atomic mass is 35.5. The van der Waals surface area contributed by atoms with E-state index in [1.54, 1.807) is 6.07 Å². The van der Waals surface area contributed by atoms with E-state index in [-0.39, 0.29) is 11.7 Å². The van der Waals surface area contributed by atoms with Crippen molar-refractivity contribution in [1.29, 1.82) is 0 Å². The first-order valence-corrected chi connectivity index (χ1v) is 6.10. The quantitative estimate of drug-likeness (QED) is 0.767. The highest BCUT2D eigenvalue weighted by Crippen LogP contribution is 2.22. The second-order valence-electron chi connectivity index (χ2n) is 4.14. The third-order valence-corrected chi connectivity index (χ3v) is 3.05. The van der Waals surface area contributed by atoms with Crippen LogP contribution in [0.4, 0.5) is 5.82 Å². The monoisotopic (exact) mass is 270 g/mol. The smallest absolute Gasteiger partial charge is 0.356 e. The first-order valence-electron chi connectivity index (χ1n) is 5.72. The van der Waals surface area contributed by atoms with Crippen LogP contribution in [0.3, 0.4) is 0 Å². The largest absolute Gasteiger partial charge is 0.464 e. The highest BCUT2D eigenvalue weighted by Gasteiger charge is 2.22. The Kier molecular flexibility index (Phi) is 4.04. The Balaban J connectivity index is 2.32. The maximum atomic E-state index is 11.5. The molecule has 0 N–H and O–H groups in total. The van der Waals surface area contributed by atoms with Gasteiger partial charge in [-0.05, 0) is 19.1 Å². The number of ether oxygens (including phenoxy) is 2. The number of anilines is 1. The van der Waals surface area contributed by atoms with Gasteiger partial charge in [-0.2, -0.15) is 0 Å². The summed E-state index contributed by atoms with van der Waals surface area (Å²) in [6.45, 7) is 4.06. The van der Waals surface area contributed by atoms with Crippen LogP contribution in [0, 0.1) is 0 Å². The number of methoxy groups -OCH3 is 1. The number of carbonyl (C=O) groups excluding carboxylic acids is 1. The van der Waals surface area contributed by atoms with Crippen molar-refractivity contribution < 1.29 is 14.3 Å². The molecular weight excluding hydrogens is 256 g/mol. The molecule has 0 saturated carbocycles. The summed E-state index contributed by atoms with van der Waals surface area (Å²) in [6, 6.07) is 3.45. The zero-order valence-corrected chi connectivity index (χ0v) is 11.1. The van der Waals surface area contributed by atoms with Crippen molar-refractivity contribution in [2.75, 3.05) is 31.8 Å². The van der Waals surface area contributed by atoms with Crippen LogP contribution in [-0.2, 0) is 9.47 Å². The molecule has 1 aromatic rings. The Morgan fingerprint density at radius 3 is 3.06 bits per heavy atom. The number of rotatable bonds is 2. The SMILES string of the molecule is COC(=O)c1cc(Cl)cc(N2CCOC[C@H]2C)n1. The van der Waals surface area contributed by atoms with Gasteiger partial charge in [0.15, 0.2) is 5.69 Å². The van der Waals surface area contributed by atoms with Crippen molar-refractivity contribution in [3.05, 3.63) is 22.8 Å². The molecule has 5 nitrogen and oxygen atoms in total. The Morgan fingerprint density at radius 2 is 2.39 bits per heavy atom. The molecule has 1 aliphatic heterocycles. The molecule has 0 radical (unpaired) electrons. The van der Waals surface area contributed by atoms with Gasteiger partial charge in [0.1, 0.15) is 5.82 Å². The normalized spacial score (nSPS) is 19.7. The fraction of sp³-hybridized carbons (Fsp3) is 0.500. The fourth-order valence-corrected chi connectivity index (χ4v) is 2.11. The summed E-state index contributed by atoms with van der Waals surface area (Å²) in [5.41, 5.74) is 0.221. The van der Waals surface area contributed by atoms with E-state index >= 15 is 0 Å². The van der Waals surface area contributed by atoms with Gasteiger partial charge in [-0.15, -0.1) is 0 Å². The summed E-state index contributed by atoms with van der Waals surface area (Å²) >= 11 is 6.01. The summed E-state index contributed by atoms with van der Waals surface area (Å²) in [5.74, 6) is 0.193. The van der Waals surface area contributed by atoms with Gasteiger partial charge in [0.2, 0.25) is 0 Å². The molecule has 6 heteroatoms. The van der Waals surface area contributed by atoms with E-state index in [1.165, 1.54) is 13.2 Å². The number of esters is 1. The van der Waals surface area contributed by atoms with E-state index in [0.29, 0.717) is 24.1 Å². The topological polar surface area (TPSA) is 51.7 Å². The minimum atomic E-state index is -0.486. The first kappa shape index (κ1) is 13.1. The van der Waals surface area contributed by atoms with Gasteiger partial charge in [0.05, 0.1) is 26.4 Å². The minimum absolute atomic E-state index is 0.204. The van der Waals surface area contributed by atoms with Crippen LogP contribution in [0.5, 0.6) is 0 Å². The van der Waals surface area contributed by atoms with Crippen molar-refractivity contribution in [3.63, 3.8) is 0 Å². The maximum absolute atomic E-state index is 11.5. The minimum Gasteiger partial charge on any atom is -0.464 e. The lowest BCUT2D eigenvalue weighted by atomic mass is 10.2. The number of nitrogens with zero attached hydrogens (tertiary/aromatic N) is 2. The van der Waals surface area contributed by atoms with Crippen molar-refractivity contribution in [1.82, 2.24) is 4.98 Å². The number of carbonyl (C=O) groups is 1. The number of hydrogen-bond donors (Lipinski definition) is 0. The molecule has 1 fully saturated rings. The third-order valence-electron chi connectivity index (χ3n) is 2.83. The summed E-state index contributed by atoms with van der Waals surface area (Å²) in [5, 5.41) is 0.471. The predicted octanol–water partition coefficient (Wildman–Crippen LogP) is 1.75. The summed E-state index contributed by atoms with van der Waals surface area (Å²) in [6.07, 6.45) is 0. The van der Waals surface area contributed by atoms with Gasteiger partial charge < -0.3 is 14.4 Å². The molecule has 18 heavy (non-hydrogen) atoms. The standard InChI is InChI=1S/C12H15ClN2O3/c1-8-7-18-4-3-15(8)11-6-9(13)5-10(14-11)12(16)17-2/h5-6,8H,3-4,7H2,1-2H3/t8-/m1/s1. The number of aromatic nitrogens is 1. The van der Waals surface area contributed by atoms with E-state index < -0.39 is 5.97 Å². The number of halogens is 1. The molecule has 2 heterocycles. The van der Waals surface area contributed by atoms with E-state index in [1.807, 2.05) is 6.92 Å². The molecule has 1 aliphatic rings. The predicted molar refractivity (Wildman–Crippen MR) is 68.2 cm³/mol. The van der Waals surface area contributed by atoms with Crippen molar-refractivity contribution >= 4 is 23.4 Å². The Morgan fingerprint density at radius 1 is 1.61 bits per heavy atom. The number of hydrogen-bond acceptors (Lipinski definition) is 5. The van der Waals surface area contributed by atoms with Crippen LogP contribution in [0.25, 0.3) is 0 Å². The van der Waals surface area contributed by atoms with Crippen LogP contribution in [0.2, 0.25) is 5.02 Å². The Bertz CT molecular complexity index is 453. The van der Waals surface area contributed by atoms with Gasteiger partial charge in [0.25, 0.3) is 0 Å². The van der Waals surface area contributed by atoms with Gasteiger partial charge in [0, 0.05) is 11.6 Å². The van der Waals surface area contributed by atoms with Gasteiger partial charge >= 0.3 is 5.97 Å². The molecule has 0 aromatic carbocycles. The maximum Gasteiger partial charge on any atom is 0.356 e. The van der Waals surface area contributed by atoms with Crippen molar-refractivity contribution in [3.8, 4) is 0 Å². The molecule has 1 aromatic heterocycles. The van der Waals surface area contributed by atoms with Crippen LogP contribution in [0.15, 0.2) is 12.1 Å². The van der Waals surface area contributed by atoms with Gasteiger partial charge in [-0.1, -0.05) is 11.6 Å². The molecule has 0 aliphatic carbocycles. The van der Waals surface area contributed by atoms with Crippen LogP contribution >= 0.6 is 11.6 Å². The average molecular weight is 271 g/mol. The van der Waals surface area contributed by atoms with E-state index in [2.05, 4.69) is 14.6 Å². The Labute approximate surface area is 111 Å². The van der Waals surface area contributed by atoms with Crippen molar-refractivity contribution in [2.45, 2.75) is 13.0 Å². The summed E-state index contributed by atoms with van der Waals surface area (Å²) < 4.78 is 10.0. The zero-order valence-electron chi connectivity index (χ0n) is 10.4. The summed E-state index contributed by atoms with van der Waals surface area (Å²) in [7, 11) is 1.32. The lowest BCUT2D eigenvalue weighted by molar-refractivity contribution is 0.0594. The van der Waals surface area contributed by atoms with E-state index in [0.717, 1.165) is 6.54 Å². The van der Waals surface area contributed by atoms with E-state index in [9.17, 15) is 4.79 Å². The summed E-state index contributed by atoms with van der Waals surface area (Å²) in [4.78, 5) is 17.9. The molecule has 98 valence electrons. The van der Waals surface area contributed by atoms with Crippen LogP contribution in [0.1, 0.15) is 17.4 Å². The van der Waals surface area contributed by atoms with Gasteiger partial charge in [-0.3, -0.25) is 0 Å².